The standard InChI is InChI=1S/C20H27ClN4O2/c1-5-7-25(8-6-2)18-11-17(22-13-23-18)24-19(26)12-27-16-9-14(3)20(21)15(4)10-16/h9-11,13H,5-8,12H2,1-4H3,(H,22,23,24,26). The molecule has 0 atom stereocenters. The SMILES string of the molecule is CCCN(CCC)c1cc(NC(=O)COc2cc(C)c(Cl)c(C)c2)ncn1. The lowest BCUT2D eigenvalue weighted by atomic mass is 10.1. The van der Waals surface area contributed by atoms with Crippen molar-refractivity contribution < 1.29 is 9.53 Å². The van der Waals surface area contributed by atoms with Crippen molar-refractivity contribution in [3.63, 3.8) is 0 Å². The summed E-state index contributed by atoms with van der Waals surface area (Å²) in [6, 6.07) is 5.43. The van der Waals surface area contributed by atoms with E-state index in [0.717, 1.165) is 42.9 Å². The molecule has 1 aromatic heterocycles. The van der Waals surface area contributed by atoms with Crippen LogP contribution in [0.5, 0.6) is 5.75 Å². The topological polar surface area (TPSA) is 67.4 Å². The molecule has 0 radical (unpaired) electrons. The number of benzene rings is 1. The Hall–Kier alpha value is -2.34. The number of rotatable bonds is 9. The molecule has 146 valence electrons. The van der Waals surface area contributed by atoms with E-state index in [-0.39, 0.29) is 12.5 Å². The third-order valence-corrected chi connectivity index (χ3v) is 4.61. The van der Waals surface area contributed by atoms with Crippen LogP contribution in [0.15, 0.2) is 24.5 Å². The molecule has 0 saturated heterocycles. The molecule has 1 amide bonds. The highest BCUT2D eigenvalue weighted by molar-refractivity contribution is 6.32. The molecule has 0 aliphatic heterocycles. The molecule has 2 aromatic rings. The first-order chi connectivity index (χ1) is 12.9. The number of aryl methyl sites for hydroxylation is 2. The first-order valence-corrected chi connectivity index (χ1v) is 9.58. The Morgan fingerprint density at radius 1 is 1.11 bits per heavy atom. The van der Waals surface area contributed by atoms with Gasteiger partial charge in [0.25, 0.3) is 5.91 Å². The summed E-state index contributed by atoms with van der Waals surface area (Å²) in [4.78, 5) is 22.9. The molecule has 7 heteroatoms. The van der Waals surface area contributed by atoms with E-state index in [9.17, 15) is 4.79 Å². The maximum absolute atomic E-state index is 12.2. The molecule has 1 heterocycles. The third-order valence-electron chi connectivity index (χ3n) is 4.01. The highest BCUT2D eigenvalue weighted by Crippen LogP contribution is 2.25. The molecule has 0 bridgehead atoms. The number of carbonyl (C=O) groups is 1. The second-order valence-electron chi connectivity index (χ2n) is 6.46. The van der Waals surface area contributed by atoms with Gasteiger partial charge in [0.2, 0.25) is 0 Å². The van der Waals surface area contributed by atoms with E-state index in [4.69, 9.17) is 16.3 Å². The Bertz CT molecular complexity index is 753. The molecule has 2 rings (SSSR count). The predicted octanol–water partition coefficient (Wildman–Crippen LogP) is 4.39. The van der Waals surface area contributed by atoms with Gasteiger partial charge in [-0.25, -0.2) is 9.97 Å². The van der Waals surface area contributed by atoms with E-state index in [2.05, 4.69) is 34.0 Å². The summed E-state index contributed by atoms with van der Waals surface area (Å²) < 4.78 is 5.59. The smallest absolute Gasteiger partial charge is 0.263 e. The van der Waals surface area contributed by atoms with E-state index in [1.54, 1.807) is 6.07 Å². The van der Waals surface area contributed by atoms with E-state index in [1.807, 2.05) is 26.0 Å². The molecule has 0 aliphatic rings. The van der Waals surface area contributed by atoms with Crippen LogP contribution in [0, 0.1) is 13.8 Å². The van der Waals surface area contributed by atoms with Crippen molar-refractivity contribution >= 4 is 29.1 Å². The molecular weight excluding hydrogens is 364 g/mol. The average Bonchev–Trinajstić information content (AvgIpc) is 2.64. The molecule has 1 N–H and O–H groups in total. The zero-order valence-corrected chi connectivity index (χ0v) is 17.1. The van der Waals surface area contributed by atoms with Crippen molar-refractivity contribution in [3.05, 3.63) is 40.7 Å². The molecule has 0 unspecified atom stereocenters. The predicted molar refractivity (Wildman–Crippen MR) is 110 cm³/mol. The van der Waals surface area contributed by atoms with Crippen LogP contribution in [-0.4, -0.2) is 35.6 Å². The molecular formula is C20H27ClN4O2. The Balaban J connectivity index is 1.98. The minimum Gasteiger partial charge on any atom is -0.484 e. The summed E-state index contributed by atoms with van der Waals surface area (Å²) in [7, 11) is 0. The second-order valence-corrected chi connectivity index (χ2v) is 6.83. The maximum atomic E-state index is 12.2. The fraction of sp³-hybridized carbons (Fsp3) is 0.450. The van der Waals surface area contributed by atoms with Gasteiger partial charge in [-0.05, 0) is 49.9 Å². The maximum Gasteiger partial charge on any atom is 0.263 e. The van der Waals surface area contributed by atoms with Crippen LogP contribution in [-0.2, 0) is 4.79 Å². The normalized spacial score (nSPS) is 10.6. The van der Waals surface area contributed by atoms with Gasteiger partial charge < -0.3 is 15.0 Å². The Morgan fingerprint density at radius 3 is 2.33 bits per heavy atom. The first-order valence-electron chi connectivity index (χ1n) is 9.21. The average molecular weight is 391 g/mol. The van der Waals surface area contributed by atoms with Gasteiger partial charge in [0.15, 0.2) is 6.61 Å². The van der Waals surface area contributed by atoms with Crippen molar-refractivity contribution in [2.45, 2.75) is 40.5 Å². The number of ether oxygens (including phenoxy) is 1. The quantitative estimate of drug-likeness (QED) is 0.687. The van der Waals surface area contributed by atoms with Gasteiger partial charge in [-0.2, -0.15) is 0 Å². The van der Waals surface area contributed by atoms with Crippen molar-refractivity contribution in [1.29, 1.82) is 0 Å². The largest absolute Gasteiger partial charge is 0.484 e. The molecule has 0 saturated carbocycles. The lowest BCUT2D eigenvalue weighted by molar-refractivity contribution is -0.118. The van der Waals surface area contributed by atoms with E-state index in [0.29, 0.717) is 16.6 Å². The molecule has 0 aliphatic carbocycles. The van der Waals surface area contributed by atoms with Gasteiger partial charge in [0.05, 0.1) is 0 Å². The van der Waals surface area contributed by atoms with Crippen molar-refractivity contribution in [2.75, 3.05) is 29.9 Å². The monoisotopic (exact) mass is 390 g/mol. The Kier molecular flexibility index (Phi) is 7.85. The van der Waals surface area contributed by atoms with Crippen LogP contribution in [0.1, 0.15) is 37.8 Å². The number of hydrogen-bond acceptors (Lipinski definition) is 5. The van der Waals surface area contributed by atoms with Crippen LogP contribution in [0.3, 0.4) is 0 Å². The highest BCUT2D eigenvalue weighted by atomic mass is 35.5. The number of carbonyl (C=O) groups excluding carboxylic acids is 1. The lowest BCUT2D eigenvalue weighted by Crippen LogP contribution is -2.26. The summed E-state index contributed by atoms with van der Waals surface area (Å²) in [5.74, 6) is 1.62. The number of aromatic nitrogens is 2. The summed E-state index contributed by atoms with van der Waals surface area (Å²) in [5, 5.41) is 3.48. The molecule has 27 heavy (non-hydrogen) atoms. The van der Waals surface area contributed by atoms with Crippen molar-refractivity contribution in [3.8, 4) is 5.75 Å². The summed E-state index contributed by atoms with van der Waals surface area (Å²) in [6.45, 7) is 9.79. The van der Waals surface area contributed by atoms with Crippen LogP contribution in [0.25, 0.3) is 0 Å². The van der Waals surface area contributed by atoms with Crippen LogP contribution in [0.2, 0.25) is 5.02 Å². The van der Waals surface area contributed by atoms with E-state index >= 15 is 0 Å². The second kappa shape index (κ2) is 10.1. The third kappa shape index (κ3) is 6.10. The number of nitrogens with one attached hydrogen (secondary N) is 1. The Labute approximate surface area is 165 Å². The Morgan fingerprint density at radius 2 is 1.74 bits per heavy atom. The zero-order chi connectivity index (χ0) is 19.8. The van der Waals surface area contributed by atoms with Crippen LogP contribution < -0.4 is 15.0 Å². The fourth-order valence-electron chi connectivity index (χ4n) is 2.79. The number of hydrogen-bond donors (Lipinski definition) is 1. The number of anilines is 2. The minimum atomic E-state index is -0.276. The summed E-state index contributed by atoms with van der Waals surface area (Å²) in [6.07, 6.45) is 3.52. The first kappa shape index (κ1) is 21.0. The minimum absolute atomic E-state index is 0.104. The fourth-order valence-corrected chi connectivity index (χ4v) is 2.90. The van der Waals surface area contributed by atoms with Crippen LogP contribution in [0.4, 0.5) is 11.6 Å². The van der Waals surface area contributed by atoms with Crippen LogP contribution >= 0.6 is 11.6 Å². The van der Waals surface area contributed by atoms with Gasteiger partial charge in [-0.3, -0.25) is 4.79 Å². The zero-order valence-electron chi connectivity index (χ0n) is 16.4. The highest BCUT2D eigenvalue weighted by Gasteiger charge is 2.11. The van der Waals surface area contributed by atoms with Gasteiger partial charge >= 0.3 is 0 Å². The lowest BCUT2D eigenvalue weighted by Gasteiger charge is -2.22. The van der Waals surface area contributed by atoms with Crippen molar-refractivity contribution in [1.82, 2.24) is 9.97 Å². The summed E-state index contributed by atoms with van der Waals surface area (Å²) >= 11 is 6.15. The van der Waals surface area contributed by atoms with E-state index < -0.39 is 0 Å². The van der Waals surface area contributed by atoms with Crippen molar-refractivity contribution in [2.24, 2.45) is 0 Å². The summed E-state index contributed by atoms with van der Waals surface area (Å²) in [5.41, 5.74) is 1.83. The number of halogens is 1. The van der Waals surface area contributed by atoms with Gasteiger partial charge in [0.1, 0.15) is 23.7 Å². The van der Waals surface area contributed by atoms with Gasteiger partial charge in [-0.15, -0.1) is 0 Å². The molecule has 6 nitrogen and oxygen atoms in total. The molecule has 1 aromatic carbocycles. The molecule has 0 spiro atoms. The van der Waals surface area contributed by atoms with Gasteiger partial charge in [0, 0.05) is 24.2 Å². The van der Waals surface area contributed by atoms with Gasteiger partial charge in [-0.1, -0.05) is 25.4 Å². The number of amides is 1. The number of nitrogens with zero attached hydrogens (tertiary/aromatic N) is 3. The van der Waals surface area contributed by atoms with E-state index in [1.165, 1.54) is 6.33 Å². The molecule has 0 fully saturated rings.